The summed E-state index contributed by atoms with van der Waals surface area (Å²) in [5.74, 6) is 0.219. The van der Waals surface area contributed by atoms with Gasteiger partial charge in [-0.15, -0.1) is 0 Å². The van der Waals surface area contributed by atoms with E-state index in [4.69, 9.17) is 5.26 Å². The Morgan fingerprint density at radius 3 is 2.70 bits per heavy atom. The second-order valence-electron chi connectivity index (χ2n) is 7.25. The van der Waals surface area contributed by atoms with Crippen molar-refractivity contribution in [2.24, 2.45) is 5.92 Å². The molecule has 1 fully saturated rings. The molecule has 2 aromatic rings. The third-order valence-corrected chi connectivity index (χ3v) is 5.14. The molecule has 2 heterocycles. The van der Waals surface area contributed by atoms with E-state index in [1.165, 1.54) is 0 Å². The van der Waals surface area contributed by atoms with Crippen molar-refractivity contribution in [1.82, 2.24) is 9.78 Å². The van der Waals surface area contributed by atoms with E-state index in [-0.39, 0.29) is 30.3 Å². The summed E-state index contributed by atoms with van der Waals surface area (Å²) in [6.07, 6.45) is 5.40. The van der Waals surface area contributed by atoms with Gasteiger partial charge in [0.1, 0.15) is 6.54 Å². The van der Waals surface area contributed by atoms with Crippen LogP contribution < -0.4 is 9.80 Å². The number of carbonyl (C=O) groups excluding carboxylic acids is 2. The average molecular weight is 363 g/mol. The van der Waals surface area contributed by atoms with Gasteiger partial charge >= 0.3 is 0 Å². The van der Waals surface area contributed by atoms with Crippen LogP contribution in [0, 0.1) is 17.2 Å². The minimum Gasteiger partial charge on any atom is -0.308 e. The number of hydrogen-bond acceptors (Lipinski definition) is 4. The zero-order chi connectivity index (χ0) is 19.1. The van der Waals surface area contributed by atoms with Crippen LogP contribution >= 0.6 is 0 Å². The molecule has 1 aromatic heterocycles. The van der Waals surface area contributed by atoms with E-state index in [1.807, 2.05) is 36.2 Å². The Hall–Kier alpha value is -3.14. The summed E-state index contributed by atoms with van der Waals surface area (Å²) in [5.41, 5.74) is 3.32. The fourth-order valence-corrected chi connectivity index (χ4v) is 3.72. The number of fused-ring (bicyclic) bond motifs is 1. The van der Waals surface area contributed by atoms with E-state index >= 15 is 0 Å². The first-order valence-electron chi connectivity index (χ1n) is 9.14. The number of hydrogen-bond donors (Lipinski definition) is 0. The highest BCUT2D eigenvalue weighted by Crippen LogP contribution is 2.41. The van der Waals surface area contributed by atoms with Crippen molar-refractivity contribution in [3.63, 3.8) is 0 Å². The van der Waals surface area contributed by atoms with Crippen LogP contribution in [0.15, 0.2) is 30.6 Å². The molecule has 27 heavy (non-hydrogen) atoms. The van der Waals surface area contributed by atoms with E-state index in [9.17, 15) is 9.59 Å². The number of benzene rings is 1. The maximum Gasteiger partial charge on any atom is 0.230 e. The van der Waals surface area contributed by atoms with Crippen molar-refractivity contribution in [3.8, 4) is 17.2 Å². The molecule has 2 amide bonds. The Morgan fingerprint density at radius 1 is 1.26 bits per heavy atom. The van der Waals surface area contributed by atoms with Gasteiger partial charge in [-0.05, 0) is 37.5 Å². The first kappa shape index (κ1) is 17.3. The predicted molar refractivity (Wildman–Crippen MR) is 101 cm³/mol. The van der Waals surface area contributed by atoms with Gasteiger partial charge in [0.05, 0.1) is 29.7 Å². The molecule has 0 spiro atoms. The number of aromatic nitrogens is 2. The van der Waals surface area contributed by atoms with E-state index in [0.29, 0.717) is 6.54 Å². The highest BCUT2D eigenvalue weighted by molar-refractivity contribution is 6.06. The summed E-state index contributed by atoms with van der Waals surface area (Å²) in [7, 11) is 0. The van der Waals surface area contributed by atoms with Crippen LogP contribution in [0.1, 0.15) is 26.7 Å². The third kappa shape index (κ3) is 3.08. The average Bonchev–Trinajstić information content (AvgIpc) is 3.39. The molecule has 7 heteroatoms. The second-order valence-corrected chi connectivity index (χ2v) is 7.25. The van der Waals surface area contributed by atoms with Gasteiger partial charge in [-0.1, -0.05) is 6.07 Å². The van der Waals surface area contributed by atoms with Gasteiger partial charge in [0, 0.05) is 31.1 Å². The maximum atomic E-state index is 12.9. The molecule has 1 saturated carbocycles. The van der Waals surface area contributed by atoms with Gasteiger partial charge < -0.3 is 9.80 Å². The molecule has 0 radical (unpaired) electrons. The Labute approximate surface area is 157 Å². The van der Waals surface area contributed by atoms with Gasteiger partial charge in [-0.25, -0.2) is 0 Å². The Bertz CT molecular complexity index is 954. The molecule has 138 valence electrons. The van der Waals surface area contributed by atoms with Crippen LogP contribution in [-0.4, -0.2) is 34.2 Å². The fourth-order valence-electron chi connectivity index (χ4n) is 3.72. The topological polar surface area (TPSA) is 82.2 Å². The molecular formula is C20H21N5O2. The monoisotopic (exact) mass is 363 g/mol. The SMILES string of the molecule is CC(=O)N1c2ccc(-c3cnn(CC#N)c3)cc2N(C(=O)C2CC2)C[C@@H]1C. The van der Waals surface area contributed by atoms with E-state index in [1.54, 1.807) is 22.7 Å². The summed E-state index contributed by atoms with van der Waals surface area (Å²) < 4.78 is 1.58. The number of amides is 2. The number of anilines is 2. The van der Waals surface area contributed by atoms with Crippen molar-refractivity contribution in [2.75, 3.05) is 16.3 Å². The smallest absolute Gasteiger partial charge is 0.230 e. The lowest BCUT2D eigenvalue weighted by Gasteiger charge is -2.41. The first-order chi connectivity index (χ1) is 13.0. The molecule has 7 nitrogen and oxygen atoms in total. The summed E-state index contributed by atoms with van der Waals surface area (Å²) in [5, 5.41) is 13.0. The summed E-state index contributed by atoms with van der Waals surface area (Å²) in [6.45, 7) is 4.21. The number of rotatable bonds is 3. The molecule has 0 bridgehead atoms. The lowest BCUT2D eigenvalue weighted by molar-refractivity contribution is -0.120. The van der Waals surface area contributed by atoms with Crippen molar-refractivity contribution in [3.05, 3.63) is 30.6 Å². The minimum absolute atomic E-state index is 0.0307. The lowest BCUT2D eigenvalue weighted by atomic mass is 10.0. The van der Waals surface area contributed by atoms with E-state index < -0.39 is 0 Å². The summed E-state index contributed by atoms with van der Waals surface area (Å²) >= 11 is 0. The lowest BCUT2D eigenvalue weighted by Crippen LogP contribution is -2.51. The van der Waals surface area contributed by atoms with Crippen molar-refractivity contribution < 1.29 is 9.59 Å². The third-order valence-electron chi connectivity index (χ3n) is 5.14. The molecule has 0 N–H and O–H groups in total. The highest BCUT2D eigenvalue weighted by Gasteiger charge is 2.39. The second kappa shape index (κ2) is 6.54. The number of carbonyl (C=O) groups is 2. The molecule has 1 aromatic carbocycles. The standard InChI is InChI=1S/C20H21N5O2/c1-13-11-24(20(27)15-3-4-15)19-9-16(5-6-18(19)25(13)14(2)26)17-10-22-23(12-17)8-7-21/h5-6,9-10,12-13,15H,3-4,8,11H2,1-2H3/t13-/m0/s1. The minimum atomic E-state index is -0.0677. The van der Waals surface area contributed by atoms with Gasteiger partial charge in [0.2, 0.25) is 11.8 Å². The van der Waals surface area contributed by atoms with Crippen LogP contribution in [0.4, 0.5) is 11.4 Å². The van der Waals surface area contributed by atoms with Gasteiger partial charge in [-0.2, -0.15) is 10.4 Å². The molecule has 1 aliphatic heterocycles. The van der Waals surface area contributed by atoms with Crippen molar-refractivity contribution >= 4 is 23.2 Å². The fraction of sp³-hybridized carbons (Fsp3) is 0.400. The van der Waals surface area contributed by atoms with Crippen LogP contribution in [0.3, 0.4) is 0 Å². The van der Waals surface area contributed by atoms with Gasteiger partial charge in [0.25, 0.3) is 0 Å². The highest BCUT2D eigenvalue weighted by atomic mass is 16.2. The van der Waals surface area contributed by atoms with Gasteiger partial charge in [-0.3, -0.25) is 14.3 Å². The van der Waals surface area contributed by atoms with Gasteiger partial charge in [0.15, 0.2) is 0 Å². The first-order valence-corrected chi connectivity index (χ1v) is 9.14. The van der Waals surface area contributed by atoms with Crippen molar-refractivity contribution in [1.29, 1.82) is 5.26 Å². The number of nitriles is 1. The molecular weight excluding hydrogens is 342 g/mol. The molecule has 0 unspecified atom stereocenters. The van der Waals surface area contributed by atoms with Crippen LogP contribution in [0.25, 0.3) is 11.1 Å². The molecule has 2 aliphatic rings. The summed E-state index contributed by atoms with van der Waals surface area (Å²) in [6, 6.07) is 7.78. The van der Waals surface area contributed by atoms with E-state index in [2.05, 4.69) is 11.2 Å². The Kier molecular flexibility index (Phi) is 4.19. The summed E-state index contributed by atoms with van der Waals surface area (Å²) in [4.78, 5) is 28.6. The largest absolute Gasteiger partial charge is 0.308 e. The van der Waals surface area contributed by atoms with Crippen molar-refractivity contribution in [2.45, 2.75) is 39.3 Å². The van der Waals surface area contributed by atoms with Crippen LogP contribution in [-0.2, 0) is 16.1 Å². The quantitative estimate of drug-likeness (QED) is 0.839. The molecule has 1 atom stereocenters. The maximum absolute atomic E-state index is 12.9. The molecule has 4 rings (SSSR count). The molecule has 1 aliphatic carbocycles. The Morgan fingerprint density at radius 2 is 2.04 bits per heavy atom. The molecule has 0 saturated heterocycles. The zero-order valence-corrected chi connectivity index (χ0v) is 15.4. The van der Waals surface area contributed by atoms with Crippen LogP contribution in [0.5, 0.6) is 0 Å². The number of nitrogens with zero attached hydrogens (tertiary/aromatic N) is 5. The zero-order valence-electron chi connectivity index (χ0n) is 15.4. The predicted octanol–water partition coefficient (Wildman–Crippen LogP) is 2.57. The normalized spacial score (nSPS) is 18.8. The van der Waals surface area contributed by atoms with E-state index in [0.717, 1.165) is 35.3 Å². The van der Waals surface area contributed by atoms with Crippen LogP contribution in [0.2, 0.25) is 0 Å². The Balaban J connectivity index is 1.78.